The number of piperidine rings is 1. The molecular formula is C26H32F3N5O3. The van der Waals surface area contributed by atoms with Crippen LogP contribution in [0.15, 0.2) is 42.6 Å². The van der Waals surface area contributed by atoms with Crippen LogP contribution in [0.4, 0.5) is 18.9 Å². The Balaban J connectivity index is 1.19. The first-order valence-corrected chi connectivity index (χ1v) is 12.4. The van der Waals surface area contributed by atoms with Crippen LogP contribution < -0.4 is 20.3 Å². The number of halogens is 3. The molecule has 1 aromatic carbocycles. The molecule has 0 aliphatic carbocycles. The molecule has 8 nitrogen and oxygen atoms in total. The van der Waals surface area contributed by atoms with E-state index in [4.69, 9.17) is 4.74 Å². The third-order valence-corrected chi connectivity index (χ3v) is 6.99. The van der Waals surface area contributed by atoms with Crippen LogP contribution in [0.25, 0.3) is 0 Å². The van der Waals surface area contributed by atoms with E-state index in [0.29, 0.717) is 11.9 Å². The number of nitrogens with zero attached hydrogens (tertiary/aromatic N) is 3. The highest BCUT2D eigenvalue weighted by Gasteiger charge is 2.33. The van der Waals surface area contributed by atoms with Crippen LogP contribution in [0, 0.1) is 0 Å². The van der Waals surface area contributed by atoms with E-state index in [-0.39, 0.29) is 24.1 Å². The van der Waals surface area contributed by atoms with Crippen molar-refractivity contribution in [1.82, 2.24) is 20.5 Å². The topological polar surface area (TPSA) is 86.8 Å². The monoisotopic (exact) mass is 519 g/mol. The van der Waals surface area contributed by atoms with Crippen molar-refractivity contribution in [3.05, 3.63) is 53.7 Å². The minimum atomic E-state index is -3.66. The number of benzene rings is 1. The third kappa shape index (κ3) is 6.71. The highest BCUT2D eigenvalue weighted by Crippen LogP contribution is 2.29. The Morgan fingerprint density at radius 1 is 1.14 bits per heavy atom. The Morgan fingerprint density at radius 3 is 2.59 bits per heavy atom. The molecule has 1 atom stereocenters. The first-order chi connectivity index (χ1) is 17.8. The number of hydrogen-bond donors (Lipinski definition) is 2. The van der Waals surface area contributed by atoms with E-state index in [1.54, 1.807) is 7.11 Å². The average molecular weight is 520 g/mol. The molecule has 3 heterocycles. The molecule has 1 aromatic heterocycles. The average Bonchev–Trinajstić information content (AvgIpc) is 3.40. The molecule has 2 N–H and O–H groups in total. The number of alkyl halides is 3. The summed E-state index contributed by atoms with van der Waals surface area (Å²) in [6.07, 6.45) is 4.69. The normalized spacial score (nSPS) is 19.0. The number of likely N-dealkylation sites (tertiary alicyclic amines) is 1. The van der Waals surface area contributed by atoms with Gasteiger partial charge in [0, 0.05) is 55.5 Å². The molecule has 2 aromatic rings. The molecule has 2 saturated heterocycles. The molecular weight excluding hydrogens is 487 g/mol. The summed E-state index contributed by atoms with van der Waals surface area (Å²) in [6, 6.07) is 8.92. The van der Waals surface area contributed by atoms with Crippen molar-refractivity contribution in [3.63, 3.8) is 0 Å². The van der Waals surface area contributed by atoms with E-state index < -0.39 is 24.1 Å². The number of methoxy groups -OCH3 is 1. The summed E-state index contributed by atoms with van der Waals surface area (Å²) < 4.78 is 44.9. The standard InChI is InChI=1S/C26H32F3N5O3/c1-37-24-6-5-22(14-30-24)33-11-8-21(9-12-33)34-10-7-20(16-34)32-23(35)15-31-25(36)18-3-2-4-19(13-18)26(28,29)17-27/h2-6,13-14,20-21H,7-12,15-17H2,1H3,(H,31,36)(H,32,35)/t20-/m1/s1. The highest BCUT2D eigenvalue weighted by molar-refractivity contribution is 5.96. The van der Waals surface area contributed by atoms with E-state index in [9.17, 15) is 22.8 Å². The van der Waals surface area contributed by atoms with Gasteiger partial charge in [-0.2, -0.15) is 8.78 Å². The van der Waals surface area contributed by atoms with Gasteiger partial charge in [-0.05, 0) is 37.5 Å². The van der Waals surface area contributed by atoms with E-state index in [0.717, 1.165) is 63.3 Å². The van der Waals surface area contributed by atoms with Crippen molar-refractivity contribution in [2.24, 2.45) is 0 Å². The number of carbonyl (C=O) groups excluding carboxylic acids is 2. The van der Waals surface area contributed by atoms with Gasteiger partial charge < -0.3 is 20.3 Å². The molecule has 11 heteroatoms. The molecule has 0 saturated carbocycles. The zero-order valence-electron chi connectivity index (χ0n) is 20.8. The van der Waals surface area contributed by atoms with Gasteiger partial charge in [-0.25, -0.2) is 9.37 Å². The maximum atomic E-state index is 13.6. The summed E-state index contributed by atoms with van der Waals surface area (Å²) in [5, 5.41) is 5.40. The van der Waals surface area contributed by atoms with E-state index >= 15 is 0 Å². The van der Waals surface area contributed by atoms with Crippen LogP contribution in [-0.4, -0.2) is 80.3 Å². The van der Waals surface area contributed by atoms with Gasteiger partial charge in [0.2, 0.25) is 11.8 Å². The lowest BCUT2D eigenvalue weighted by Gasteiger charge is -2.37. The minimum Gasteiger partial charge on any atom is -0.481 e. The number of carbonyl (C=O) groups is 2. The molecule has 0 unspecified atom stereocenters. The summed E-state index contributed by atoms with van der Waals surface area (Å²) in [7, 11) is 1.60. The highest BCUT2D eigenvalue weighted by atomic mass is 19.3. The van der Waals surface area contributed by atoms with Gasteiger partial charge in [0.25, 0.3) is 5.91 Å². The summed E-state index contributed by atoms with van der Waals surface area (Å²) in [6.45, 7) is 1.37. The van der Waals surface area contributed by atoms with Crippen molar-refractivity contribution < 1.29 is 27.5 Å². The van der Waals surface area contributed by atoms with Gasteiger partial charge in [-0.1, -0.05) is 12.1 Å². The second kappa shape index (κ2) is 11.8. The van der Waals surface area contributed by atoms with Crippen LogP contribution >= 0.6 is 0 Å². The zero-order chi connectivity index (χ0) is 26.4. The SMILES string of the molecule is COc1ccc(N2CCC(N3CC[C@@H](NC(=O)CNC(=O)c4cccc(C(F)(F)CF)c4)C3)CC2)cn1. The summed E-state index contributed by atoms with van der Waals surface area (Å²) in [5.41, 5.74) is 0.447. The lowest BCUT2D eigenvalue weighted by Crippen LogP contribution is -2.46. The quantitative estimate of drug-likeness (QED) is 0.530. The van der Waals surface area contributed by atoms with Crippen molar-refractivity contribution in [1.29, 1.82) is 0 Å². The molecule has 4 rings (SSSR count). The van der Waals surface area contributed by atoms with Crippen LogP contribution in [-0.2, 0) is 10.7 Å². The van der Waals surface area contributed by atoms with Crippen molar-refractivity contribution >= 4 is 17.5 Å². The van der Waals surface area contributed by atoms with Gasteiger partial charge >= 0.3 is 5.92 Å². The van der Waals surface area contributed by atoms with Gasteiger partial charge in [0.1, 0.15) is 0 Å². The molecule has 37 heavy (non-hydrogen) atoms. The summed E-state index contributed by atoms with van der Waals surface area (Å²) in [4.78, 5) is 33.7. The van der Waals surface area contributed by atoms with E-state index in [2.05, 4.69) is 25.4 Å². The molecule has 2 aliphatic heterocycles. The predicted molar refractivity (Wildman–Crippen MR) is 133 cm³/mol. The fourth-order valence-corrected chi connectivity index (χ4v) is 4.91. The summed E-state index contributed by atoms with van der Waals surface area (Å²) in [5.74, 6) is -4.08. The van der Waals surface area contributed by atoms with Crippen molar-refractivity contribution in [2.75, 3.05) is 51.4 Å². The smallest absolute Gasteiger partial charge is 0.301 e. The van der Waals surface area contributed by atoms with E-state index in [1.807, 2.05) is 18.3 Å². The molecule has 0 bridgehead atoms. The van der Waals surface area contributed by atoms with E-state index in [1.165, 1.54) is 12.1 Å². The number of amides is 2. The summed E-state index contributed by atoms with van der Waals surface area (Å²) >= 11 is 0. The maximum Gasteiger partial charge on any atom is 0.301 e. The second-order valence-electron chi connectivity index (χ2n) is 9.43. The number of aromatic nitrogens is 1. The fourth-order valence-electron chi connectivity index (χ4n) is 4.91. The number of anilines is 1. The molecule has 2 amide bonds. The fraction of sp³-hybridized carbons (Fsp3) is 0.500. The Labute approximate surface area is 214 Å². The van der Waals surface area contributed by atoms with Crippen LogP contribution in [0.1, 0.15) is 35.2 Å². The van der Waals surface area contributed by atoms with Gasteiger partial charge in [0.15, 0.2) is 6.67 Å². The molecule has 0 spiro atoms. The Hall–Kier alpha value is -3.34. The number of hydrogen-bond acceptors (Lipinski definition) is 6. The zero-order valence-corrected chi connectivity index (χ0v) is 20.8. The van der Waals surface area contributed by atoms with Gasteiger partial charge in [0.05, 0.1) is 25.5 Å². The molecule has 2 aliphatic rings. The lowest BCUT2D eigenvalue weighted by molar-refractivity contribution is -0.120. The minimum absolute atomic E-state index is 0.0141. The third-order valence-electron chi connectivity index (χ3n) is 6.99. The number of rotatable bonds is 9. The van der Waals surface area contributed by atoms with Gasteiger partial charge in [-0.15, -0.1) is 0 Å². The van der Waals surface area contributed by atoms with Crippen molar-refractivity contribution in [3.8, 4) is 5.88 Å². The molecule has 2 fully saturated rings. The molecule has 200 valence electrons. The second-order valence-corrected chi connectivity index (χ2v) is 9.43. The maximum absolute atomic E-state index is 13.6. The lowest BCUT2D eigenvalue weighted by atomic mass is 10.0. The first kappa shape index (κ1) is 26.7. The largest absolute Gasteiger partial charge is 0.481 e. The Bertz CT molecular complexity index is 1080. The van der Waals surface area contributed by atoms with Crippen LogP contribution in [0.3, 0.4) is 0 Å². The number of ether oxygens (including phenoxy) is 1. The van der Waals surface area contributed by atoms with Crippen LogP contribution in [0.5, 0.6) is 5.88 Å². The van der Waals surface area contributed by atoms with Gasteiger partial charge in [-0.3, -0.25) is 14.5 Å². The van der Waals surface area contributed by atoms with Crippen molar-refractivity contribution in [2.45, 2.75) is 37.3 Å². The Kier molecular flexibility index (Phi) is 8.52. The Morgan fingerprint density at radius 2 is 1.92 bits per heavy atom. The first-order valence-electron chi connectivity index (χ1n) is 12.4. The predicted octanol–water partition coefficient (Wildman–Crippen LogP) is 2.74. The number of pyridine rings is 1. The number of nitrogens with one attached hydrogen (secondary N) is 2. The van der Waals surface area contributed by atoms with Crippen LogP contribution in [0.2, 0.25) is 0 Å². The molecule has 0 radical (unpaired) electrons.